The lowest BCUT2D eigenvalue weighted by Crippen LogP contribution is -2.29. The van der Waals surface area contributed by atoms with Gasteiger partial charge in [-0.15, -0.1) is 0 Å². The van der Waals surface area contributed by atoms with Crippen LogP contribution >= 0.6 is 15.9 Å². The summed E-state index contributed by atoms with van der Waals surface area (Å²) in [6, 6.07) is 1.88. The minimum absolute atomic E-state index is 0.0405. The van der Waals surface area contributed by atoms with Crippen molar-refractivity contribution >= 4 is 28.0 Å². The standard InChI is InChI=1S/C17H24BrF2N3O2/c1-4-23(3)10-21-15-9-14(18)16(22-11(15)2)24-12-5-7-13(8-6-12)25-17(19)20/h9-10,12-13,17H,4-8H2,1-3H3/b21-10+/t12-,13-. The highest BCUT2D eigenvalue weighted by Crippen LogP contribution is 2.33. The van der Waals surface area contributed by atoms with Crippen molar-refractivity contribution in [3.63, 3.8) is 0 Å². The Hall–Kier alpha value is -1.28. The Morgan fingerprint density at radius 1 is 1.36 bits per heavy atom. The number of hydrogen-bond acceptors (Lipinski definition) is 4. The van der Waals surface area contributed by atoms with Gasteiger partial charge in [0.1, 0.15) is 6.10 Å². The van der Waals surface area contributed by atoms with Gasteiger partial charge in [-0.1, -0.05) is 0 Å². The normalized spacial score (nSPS) is 21.1. The van der Waals surface area contributed by atoms with Crippen molar-refractivity contribution in [1.82, 2.24) is 9.88 Å². The molecule has 0 atom stereocenters. The zero-order chi connectivity index (χ0) is 18.4. The second-order valence-electron chi connectivity index (χ2n) is 6.11. The SMILES string of the molecule is CCN(C)/C=N/c1cc(Br)c(O[C@H]2CC[C@H](OC(F)F)CC2)nc1C. The van der Waals surface area contributed by atoms with E-state index in [-0.39, 0.29) is 12.2 Å². The summed E-state index contributed by atoms with van der Waals surface area (Å²) in [5.41, 5.74) is 1.54. The molecule has 25 heavy (non-hydrogen) atoms. The number of aliphatic imine (C=N–C) groups is 1. The van der Waals surface area contributed by atoms with Crippen molar-refractivity contribution in [2.75, 3.05) is 13.6 Å². The molecule has 0 radical (unpaired) electrons. The molecule has 0 saturated heterocycles. The highest BCUT2D eigenvalue weighted by atomic mass is 79.9. The number of hydrogen-bond donors (Lipinski definition) is 0. The maximum absolute atomic E-state index is 12.2. The number of rotatable bonds is 7. The zero-order valence-electron chi connectivity index (χ0n) is 14.7. The molecule has 0 amide bonds. The average Bonchev–Trinajstić information content (AvgIpc) is 2.57. The summed E-state index contributed by atoms with van der Waals surface area (Å²) in [7, 11) is 1.95. The van der Waals surface area contributed by atoms with E-state index in [1.165, 1.54) is 0 Å². The molecule has 1 fully saturated rings. The Balaban J connectivity index is 1.97. The lowest BCUT2D eigenvalue weighted by molar-refractivity contribution is -0.173. The third-order valence-corrected chi connectivity index (χ3v) is 4.76. The fourth-order valence-electron chi connectivity index (χ4n) is 2.59. The van der Waals surface area contributed by atoms with Crippen LogP contribution in [0.5, 0.6) is 5.88 Å². The maximum Gasteiger partial charge on any atom is 0.345 e. The molecule has 0 bridgehead atoms. The highest BCUT2D eigenvalue weighted by Gasteiger charge is 2.26. The van der Waals surface area contributed by atoms with E-state index in [0.29, 0.717) is 31.6 Å². The molecule has 2 rings (SSSR count). The Labute approximate surface area is 155 Å². The topological polar surface area (TPSA) is 47.0 Å². The minimum Gasteiger partial charge on any atom is -0.474 e. The molecule has 140 valence electrons. The molecular formula is C17H24BrF2N3O2. The molecule has 0 spiro atoms. The molecule has 5 nitrogen and oxygen atoms in total. The summed E-state index contributed by atoms with van der Waals surface area (Å²) in [5.74, 6) is 0.513. The third-order valence-electron chi connectivity index (χ3n) is 4.20. The van der Waals surface area contributed by atoms with Gasteiger partial charge in [0.2, 0.25) is 5.88 Å². The Kier molecular flexibility index (Phi) is 7.56. The molecular weight excluding hydrogens is 396 g/mol. The van der Waals surface area contributed by atoms with Crippen LogP contribution in [0, 0.1) is 6.92 Å². The molecule has 0 aliphatic heterocycles. The Morgan fingerprint density at radius 2 is 2.00 bits per heavy atom. The maximum atomic E-state index is 12.2. The number of halogens is 3. The fraction of sp³-hybridized carbons (Fsp3) is 0.647. The second kappa shape index (κ2) is 9.43. The average molecular weight is 420 g/mol. The molecule has 8 heteroatoms. The van der Waals surface area contributed by atoms with Crippen LogP contribution in [-0.2, 0) is 4.74 Å². The molecule has 0 unspecified atom stereocenters. The van der Waals surface area contributed by atoms with E-state index >= 15 is 0 Å². The number of alkyl halides is 2. The summed E-state index contributed by atoms with van der Waals surface area (Å²) in [6.45, 7) is 2.09. The van der Waals surface area contributed by atoms with Crippen LogP contribution in [0.15, 0.2) is 15.5 Å². The van der Waals surface area contributed by atoms with Crippen molar-refractivity contribution in [1.29, 1.82) is 0 Å². The number of aromatic nitrogens is 1. The quantitative estimate of drug-likeness (QED) is 0.474. The Morgan fingerprint density at radius 3 is 2.60 bits per heavy atom. The van der Waals surface area contributed by atoms with E-state index in [4.69, 9.17) is 4.74 Å². The van der Waals surface area contributed by atoms with Gasteiger partial charge in [-0.05, 0) is 61.5 Å². The van der Waals surface area contributed by atoms with Gasteiger partial charge >= 0.3 is 6.61 Å². The van der Waals surface area contributed by atoms with Gasteiger partial charge in [0.25, 0.3) is 0 Å². The van der Waals surface area contributed by atoms with Gasteiger partial charge in [0.05, 0.1) is 28.3 Å². The highest BCUT2D eigenvalue weighted by molar-refractivity contribution is 9.10. The van der Waals surface area contributed by atoms with E-state index in [1.807, 2.05) is 31.9 Å². The Bertz CT molecular complexity index is 594. The van der Waals surface area contributed by atoms with E-state index in [1.54, 1.807) is 6.34 Å². The van der Waals surface area contributed by atoms with E-state index in [9.17, 15) is 8.78 Å². The summed E-state index contributed by atoms with van der Waals surface area (Å²) in [5, 5.41) is 0. The van der Waals surface area contributed by atoms with Gasteiger partial charge < -0.3 is 14.4 Å². The molecule has 1 aromatic heterocycles. The summed E-state index contributed by atoms with van der Waals surface area (Å²) < 4.78 is 35.8. The van der Waals surface area contributed by atoms with Gasteiger partial charge in [-0.2, -0.15) is 8.78 Å². The summed E-state index contributed by atoms with van der Waals surface area (Å²) in [4.78, 5) is 10.9. The van der Waals surface area contributed by atoms with Crippen molar-refractivity contribution < 1.29 is 18.3 Å². The monoisotopic (exact) mass is 419 g/mol. The predicted octanol–water partition coefficient (Wildman–Crippen LogP) is 4.69. The lowest BCUT2D eigenvalue weighted by atomic mass is 9.95. The van der Waals surface area contributed by atoms with Gasteiger partial charge in [-0.3, -0.25) is 0 Å². The van der Waals surface area contributed by atoms with E-state index in [0.717, 1.165) is 22.4 Å². The third kappa shape index (κ3) is 6.18. The summed E-state index contributed by atoms with van der Waals surface area (Å²) >= 11 is 3.48. The summed E-state index contributed by atoms with van der Waals surface area (Å²) in [6.07, 6.45) is 3.82. The first-order chi connectivity index (χ1) is 11.9. The second-order valence-corrected chi connectivity index (χ2v) is 6.97. The van der Waals surface area contributed by atoms with Gasteiger partial charge in [0.15, 0.2) is 0 Å². The number of ether oxygens (including phenoxy) is 2. The van der Waals surface area contributed by atoms with Crippen molar-refractivity contribution in [2.45, 2.75) is 58.4 Å². The van der Waals surface area contributed by atoms with Gasteiger partial charge in [-0.25, -0.2) is 9.98 Å². The van der Waals surface area contributed by atoms with Crippen LogP contribution in [0.4, 0.5) is 14.5 Å². The van der Waals surface area contributed by atoms with Crippen molar-refractivity contribution in [3.05, 3.63) is 16.2 Å². The number of aryl methyl sites for hydroxylation is 1. The lowest BCUT2D eigenvalue weighted by Gasteiger charge is -2.28. The molecule has 0 N–H and O–H groups in total. The van der Waals surface area contributed by atoms with Crippen LogP contribution in [-0.4, -0.2) is 48.6 Å². The first-order valence-corrected chi connectivity index (χ1v) is 9.20. The fourth-order valence-corrected chi connectivity index (χ4v) is 2.99. The first-order valence-electron chi connectivity index (χ1n) is 8.40. The van der Waals surface area contributed by atoms with Crippen LogP contribution in [0.3, 0.4) is 0 Å². The van der Waals surface area contributed by atoms with Crippen LogP contribution < -0.4 is 4.74 Å². The van der Waals surface area contributed by atoms with Crippen LogP contribution in [0.2, 0.25) is 0 Å². The number of pyridine rings is 1. The van der Waals surface area contributed by atoms with Crippen LogP contribution in [0.25, 0.3) is 0 Å². The predicted molar refractivity (Wildman–Crippen MR) is 96.9 cm³/mol. The molecule has 1 saturated carbocycles. The van der Waals surface area contributed by atoms with E-state index < -0.39 is 6.61 Å². The van der Waals surface area contributed by atoms with E-state index in [2.05, 4.69) is 30.6 Å². The van der Waals surface area contributed by atoms with Crippen molar-refractivity contribution in [2.24, 2.45) is 4.99 Å². The molecule has 1 aromatic rings. The smallest absolute Gasteiger partial charge is 0.345 e. The number of nitrogens with zero attached hydrogens (tertiary/aromatic N) is 3. The minimum atomic E-state index is -2.71. The largest absolute Gasteiger partial charge is 0.474 e. The molecule has 1 heterocycles. The van der Waals surface area contributed by atoms with Crippen molar-refractivity contribution in [3.8, 4) is 5.88 Å². The van der Waals surface area contributed by atoms with Crippen LogP contribution in [0.1, 0.15) is 38.3 Å². The molecule has 1 aliphatic carbocycles. The molecule has 0 aromatic carbocycles. The first kappa shape index (κ1) is 20.0. The van der Waals surface area contributed by atoms with Gasteiger partial charge in [0, 0.05) is 13.6 Å². The molecule has 1 aliphatic rings. The zero-order valence-corrected chi connectivity index (χ0v) is 16.3.